The van der Waals surface area contributed by atoms with Gasteiger partial charge in [0.05, 0.1) is 19.2 Å². The monoisotopic (exact) mass is 465 g/mol. The fraction of sp³-hybridized carbons (Fsp3) is 0.360. The number of hydrogen-bond acceptors (Lipinski definition) is 5. The molecule has 1 N–H and O–H groups in total. The second-order valence-electron chi connectivity index (χ2n) is 8.72. The van der Waals surface area contributed by atoms with Gasteiger partial charge >= 0.3 is 0 Å². The highest BCUT2D eigenvalue weighted by Gasteiger charge is 2.47. The number of halogens is 2. The number of hydrogen-bond donors (Lipinski definition) is 1. The number of carbonyl (C=O) groups is 2. The Morgan fingerprint density at radius 1 is 1.29 bits per heavy atom. The molecule has 0 saturated carbocycles. The molecule has 176 valence electrons. The molecule has 2 amide bonds. The van der Waals surface area contributed by atoms with E-state index in [0.717, 1.165) is 30.0 Å². The summed E-state index contributed by atoms with van der Waals surface area (Å²) in [5, 5.41) is 11.5. The van der Waals surface area contributed by atoms with Crippen LogP contribution >= 0.6 is 0 Å². The van der Waals surface area contributed by atoms with E-state index in [1.54, 1.807) is 18.3 Å². The number of rotatable bonds is 5. The molecule has 0 unspecified atom stereocenters. The number of pyridine rings is 1. The van der Waals surface area contributed by atoms with Crippen LogP contribution in [0.15, 0.2) is 36.7 Å². The SMILES string of the molecule is CN1CCc2cc(/C=C/c3cnccc3C(=O)NCC(=O)N3CC(F)(F)C[C@H]3C#N)ccc2C1. The van der Waals surface area contributed by atoms with Crippen molar-refractivity contribution < 1.29 is 18.4 Å². The van der Waals surface area contributed by atoms with Crippen LogP contribution < -0.4 is 5.32 Å². The number of amides is 2. The number of alkyl halides is 2. The number of likely N-dealkylation sites (tertiary alicyclic amines) is 1. The summed E-state index contributed by atoms with van der Waals surface area (Å²) in [6.07, 6.45) is 7.00. The zero-order chi connectivity index (χ0) is 24.3. The van der Waals surface area contributed by atoms with Crippen molar-refractivity contribution in [3.05, 3.63) is 64.5 Å². The smallest absolute Gasteiger partial charge is 0.268 e. The molecular formula is C25H25F2N5O2. The van der Waals surface area contributed by atoms with E-state index >= 15 is 0 Å². The molecule has 0 spiro atoms. The molecular weight excluding hydrogens is 440 g/mol. The molecule has 7 nitrogen and oxygen atoms in total. The van der Waals surface area contributed by atoms with Crippen molar-refractivity contribution in [1.82, 2.24) is 20.1 Å². The molecule has 1 fully saturated rings. The van der Waals surface area contributed by atoms with Gasteiger partial charge in [-0.15, -0.1) is 0 Å². The molecule has 2 aromatic rings. The Kier molecular flexibility index (Phi) is 6.70. The number of nitriles is 1. The second kappa shape index (κ2) is 9.69. The third kappa shape index (κ3) is 5.29. The van der Waals surface area contributed by atoms with Crippen molar-refractivity contribution in [1.29, 1.82) is 5.26 Å². The molecule has 0 bridgehead atoms. The van der Waals surface area contributed by atoms with Crippen LogP contribution in [0.2, 0.25) is 0 Å². The molecule has 34 heavy (non-hydrogen) atoms. The minimum Gasteiger partial charge on any atom is -0.343 e. The Bertz CT molecular complexity index is 1170. The maximum absolute atomic E-state index is 13.6. The lowest BCUT2D eigenvalue weighted by Crippen LogP contribution is -2.43. The predicted molar refractivity (Wildman–Crippen MR) is 123 cm³/mol. The van der Waals surface area contributed by atoms with Crippen LogP contribution in [0.3, 0.4) is 0 Å². The molecule has 1 atom stereocenters. The van der Waals surface area contributed by atoms with Gasteiger partial charge in [0.1, 0.15) is 6.04 Å². The average Bonchev–Trinajstić information content (AvgIpc) is 3.15. The molecule has 1 saturated heterocycles. The Labute approximate surface area is 196 Å². The van der Waals surface area contributed by atoms with Crippen LogP contribution in [0.25, 0.3) is 12.2 Å². The standard InChI is InChI=1S/C25H25F2N5O2/c1-31-9-7-18-10-17(3-5-20(18)15-31)2-4-19-13-29-8-6-22(19)24(34)30-14-23(33)32-16-25(26,27)11-21(32)12-28/h2-6,8,10,13,21H,7,9,11,14-16H2,1H3,(H,30,34)/b4-2+/t21-/m0/s1. The van der Waals surface area contributed by atoms with E-state index in [-0.39, 0.29) is 0 Å². The third-order valence-electron chi connectivity index (χ3n) is 6.12. The average molecular weight is 466 g/mol. The lowest BCUT2D eigenvalue weighted by Gasteiger charge is -2.25. The van der Waals surface area contributed by atoms with E-state index in [2.05, 4.69) is 34.4 Å². The van der Waals surface area contributed by atoms with Crippen molar-refractivity contribution in [2.24, 2.45) is 0 Å². The highest BCUT2D eigenvalue weighted by atomic mass is 19.3. The normalized spacial score (nSPS) is 19.6. The van der Waals surface area contributed by atoms with E-state index in [1.807, 2.05) is 12.1 Å². The van der Waals surface area contributed by atoms with Gasteiger partial charge in [-0.2, -0.15) is 5.26 Å². The molecule has 1 aromatic heterocycles. The zero-order valence-electron chi connectivity index (χ0n) is 18.8. The van der Waals surface area contributed by atoms with Gasteiger partial charge < -0.3 is 15.1 Å². The number of nitrogens with one attached hydrogen (secondary N) is 1. The zero-order valence-corrected chi connectivity index (χ0v) is 18.8. The minimum atomic E-state index is -3.10. The van der Waals surface area contributed by atoms with Crippen LogP contribution in [-0.4, -0.2) is 65.2 Å². The Hall–Kier alpha value is -3.64. The van der Waals surface area contributed by atoms with E-state index in [4.69, 9.17) is 5.26 Å². The fourth-order valence-corrected chi connectivity index (χ4v) is 4.30. The quantitative estimate of drug-likeness (QED) is 0.734. The van der Waals surface area contributed by atoms with Crippen LogP contribution in [0.5, 0.6) is 0 Å². The molecule has 2 aliphatic heterocycles. The van der Waals surface area contributed by atoms with Crippen LogP contribution in [0.1, 0.15) is 39.0 Å². The predicted octanol–water partition coefficient (Wildman–Crippen LogP) is 2.73. The van der Waals surface area contributed by atoms with Crippen LogP contribution in [0, 0.1) is 11.3 Å². The van der Waals surface area contributed by atoms with Gasteiger partial charge in [0.15, 0.2) is 0 Å². The number of fused-ring (bicyclic) bond motifs is 1. The first-order valence-electron chi connectivity index (χ1n) is 11.0. The highest BCUT2D eigenvalue weighted by Crippen LogP contribution is 2.31. The van der Waals surface area contributed by atoms with Gasteiger partial charge in [-0.1, -0.05) is 30.4 Å². The topological polar surface area (TPSA) is 89.3 Å². The maximum atomic E-state index is 13.6. The summed E-state index contributed by atoms with van der Waals surface area (Å²) < 4.78 is 27.2. The van der Waals surface area contributed by atoms with Crippen molar-refractivity contribution in [3.63, 3.8) is 0 Å². The summed E-state index contributed by atoms with van der Waals surface area (Å²) in [6.45, 7) is 0.642. The highest BCUT2D eigenvalue weighted by molar-refractivity contribution is 6.00. The largest absolute Gasteiger partial charge is 0.343 e. The van der Waals surface area contributed by atoms with E-state index in [1.165, 1.54) is 23.4 Å². The lowest BCUT2D eigenvalue weighted by atomic mass is 9.97. The molecule has 4 rings (SSSR count). The van der Waals surface area contributed by atoms with Gasteiger partial charge in [0, 0.05) is 43.0 Å². The molecule has 0 radical (unpaired) electrons. The van der Waals surface area contributed by atoms with Gasteiger partial charge in [0.2, 0.25) is 5.91 Å². The van der Waals surface area contributed by atoms with Gasteiger partial charge in [-0.3, -0.25) is 14.6 Å². The first-order chi connectivity index (χ1) is 16.3. The number of carbonyl (C=O) groups excluding carboxylic acids is 2. The molecule has 9 heteroatoms. The second-order valence-corrected chi connectivity index (χ2v) is 8.72. The fourth-order valence-electron chi connectivity index (χ4n) is 4.30. The Balaban J connectivity index is 1.43. The maximum Gasteiger partial charge on any atom is 0.268 e. The summed E-state index contributed by atoms with van der Waals surface area (Å²) in [4.78, 5) is 32.3. The number of benzene rings is 1. The van der Waals surface area contributed by atoms with Crippen molar-refractivity contribution in [3.8, 4) is 6.07 Å². The van der Waals surface area contributed by atoms with Gasteiger partial charge in [-0.25, -0.2) is 8.78 Å². The Morgan fingerprint density at radius 2 is 2.12 bits per heavy atom. The Morgan fingerprint density at radius 3 is 2.91 bits per heavy atom. The molecule has 2 aliphatic rings. The van der Waals surface area contributed by atoms with Crippen molar-refractivity contribution in [2.45, 2.75) is 31.4 Å². The van der Waals surface area contributed by atoms with Crippen molar-refractivity contribution in [2.75, 3.05) is 26.7 Å². The van der Waals surface area contributed by atoms with Crippen LogP contribution in [0.4, 0.5) is 8.78 Å². The summed E-state index contributed by atoms with van der Waals surface area (Å²) in [6, 6.07) is 8.35. The summed E-state index contributed by atoms with van der Waals surface area (Å²) in [5.74, 6) is -4.35. The molecule has 0 aliphatic carbocycles. The first kappa shape index (κ1) is 23.5. The first-order valence-corrected chi connectivity index (χ1v) is 11.0. The van der Waals surface area contributed by atoms with E-state index in [0.29, 0.717) is 11.1 Å². The summed E-state index contributed by atoms with van der Waals surface area (Å²) in [7, 11) is 2.10. The van der Waals surface area contributed by atoms with Crippen molar-refractivity contribution >= 4 is 24.0 Å². The lowest BCUT2D eigenvalue weighted by molar-refractivity contribution is -0.131. The van der Waals surface area contributed by atoms with Gasteiger partial charge in [-0.05, 0) is 36.2 Å². The van der Waals surface area contributed by atoms with Gasteiger partial charge in [0.25, 0.3) is 11.8 Å². The number of likely N-dealkylation sites (N-methyl/N-ethyl adjacent to an activating group) is 1. The molecule has 3 heterocycles. The summed E-state index contributed by atoms with van der Waals surface area (Å²) >= 11 is 0. The van der Waals surface area contributed by atoms with E-state index < -0.39 is 43.3 Å². The minimum absolute atomic E-state index is 0.308. The molecule has 1 aromatic carbocycles. The van der Waals surface area contributed by atoms with E-state index in [9.17, 15) is 18.4 Å². The number of aromatic nitrogens is 1. The summed E-state index contributed by atoms with van der Waals surface area (Å²) in [5.41, 5.74) is 4.50. The number of nitrogens with zero attached hydrogens (tertiary/aromatic N) is 4. The third-order valence-corrected chi connectivity index (χ3v) is 6.12. The van der Waals surface area contributed by atoms with Crippen LogP contribution in [-0.2, 0) is 17.8 Å².